The zero-order valence-corrected chi connectivity index (χ0v) is 19.3. The van der Waals surface area contributed by atoms with Gasteiger partial charge in [0, 0.05) is 43.3 Å². The Morgan fingerprint density at radius 1 is 1.03 bits per heavy atom. The van der Waals surface area contributed by atoms with E-state index in [1.165, 1.54) is 17.7 Å². The molecule has 0 saturated carbocycles. The lowest BCUT2D eigenvalue weighted by Crippen LogP contribution is -2.47. The molecule has 0 N–H and O–H groups in total. The first-order valence-corrected chi connectivity index (χ1v) is 12.2. The van der Waals surface area contributed by atoms with Gasteiger partial charge in [0.25, 0.3) is 0 Å². The molecular formula is C22H27ClN2O5S. The maximum atomic E-state index is 11.8. The molecule has 1 aliphatic heterocycles. The van der Waals surface area contributed by atoms with Crippen LogP contribution in [0.2, 0.25) is 5.02 Å². The van der Waals surface area contributed by atoms with E-state index in [0.717, 1.165) is 22.4 Å². The number of carbonyl (C=O) groups excluding carboxylic acids is 1. The molecule has 31 heavy (non-hydrogen) atoms. The Balaban J connectivity index is 1.73. The van der Waals surface area contributed by atoms with Gasteiger partial charge in [-0.2, -0.15) is 4.31 Å². The van der Waals surface area contributed by atoms with Gasteiger partial charge in [0.2, 0.25) is 10.0 Å². The van der Waals surface area contributed by atoms with Crippen molar-refractivity contribution in [2.75, 3.05) is 39.5 Å². The minimum Gasteiger partial charge on any atom is -0.489 e. The van der Waals surface area contributed by atoms with Crippen LogP contribution in [0.5, 0.6) is 5.75 Å². The topological polar surface area (TPSA) is 76.2 Å². The number of esters is 1. The van der Waals surface area contributed by atoms with E-state index >= 15 is 0 Å². The summed E-state index contributed by atoms with van der Waals surface area (Å²) >= 11 is 5.95. The number of halogens is 1. The van der Waals surface area contributed by atoms with Crippen LogP contribution in [0.15, 0.2) is 42.5 Å². The fourth-order valence-electron chi connectivity index (χ4n) is 3.45. The van der Waals surface area contributed by atoms with Crippen LogP contribution in [-0.2, 0) is 39.1 Å². The molecule has 0 atom stereocenters. The van der Waals surface area contributed by atoms with E-state index in [4.69, 9.17) is 21.1 Å². The van der Waals surface area contributed by atoms with Crippen molar-refractivity contribution in [3.63, 3.8) is 0 Å². The number of carbonyl (C=O) groups is 1. The van der Waals surface area contributed by atoms with E-state index in [0.29, 0.717) is 44.4 Å². The Hall–Kier alpha value is -2.13. The highest BCUT2D eigenvalue weighted by Gasteiger charge is 2.24. The number of benzene rings is 2. The molecule has 0 amide bonds. The fourth-order valence-corrected chi connectivity index (χ4v) is 4.40. The first-order chi connectivity index (χ1) is 14.7. The minimum absolute atomic E-state index is 0.183. The summed E-state index contributed by atoms with van der Waals surface area (Å²) in [6.07, 6.45) is 1.42. The Morgan fingerprint density at radius 2 is 1.68 bits per heavy atom. The van der Waals surface area contributed by atoms with Gasteiger partial charge in [0.05, 0.1) is 19.8 Å². The molecular weight excluding hydrogens is 440 g/mol. The Kier molecular flexibility index (Phi) is 7.94. The highest BCUT2D eigenvalue weighted by Crippen LogP contribution is 2.25. The summed E-state index contributed by atoms with van der Waals surface area (Å²) in [6, 6.07) is 13.2. The van der Waals surface area contributed by atoms with Gasteiger partial charge >= 0.3 is 5.97 Å². The van der Waals surface area contributed by atoms with E-state index in [9.17, 15) is 13.2 Å². The van der Waals surface area contributed by atoms with E-state index < -0.39 is 10.0 Å². The second-order valence-electron chi connectivity index (χ2n) is 7.55. The Labute approximate surface area is 188 Å². The molecule has 1 aliphatic rings. The summed E-state index contributed by atoms with van der Waals surface area (Å²) < 4.78 is 35.9. The molecule has 1 fully saturated rings. The Bertz CT molecular complexity index is 1000. The smallest absolute Gasteiger partial charge is 0.309 e. The molecule has 2 aromatic rings. The first-order valence-electron chi connectivity index (χ1n) is 9.98. The second kappa shape index (κ2) is 10.5. The van der Waals surface area contributed by atoms with Crippen LogP contribution in [0.4, 0.5) is 0 Å². The average molecular weight is 467 g/mol. The second-order valence-corrected chi connectivity index (χ2v) is 9.97. The minimum atomic E-state index is -3.17. The molecule has 1 saturated heterocycles. The van der Waals surface area contributed by atoms with Crippen molar-refractivity contribution in [1.29, 1.82) is 0 Å². The molecule has 0 radical (unpaired) electrons. The number of rotatable bonds is 8. The van der Waals surface area contributed by atoms with Crippen molar-refractivity contribution >= 4 is 27.6 Å². The summed E-state index contributed by atoms with van der Waals surface area (Å²) in [6.45, 7) is 3.17. The number of methoxy groups -OCH3 is 1. The van der Waals surface area contributed by atoms with Gasteiger partial charge in [-0.1, -0.05) is 35.9 Å². The normalized spacial score (nSPS) is 15.6. The zero-order valence-electron chi connectivity index (χ0n) is 17.7. The summed E-state index contributed by atoms with van der Waals surface area (Å²) in [5.74, 6) is 0.427. The van der Waals surface area contributed by atoms with Crippen molar-refractivity contribution < 1.29 is 22.7 Å². The number of ether oxygens (including phenoxy) is 2. The van der Waals surface area contributed by atoms with E-state index in [2.05, 4.69) is 4.90 Å². The average Bonchev–Trinajstić information content (AvgIpc) is 2.74. The lowest BCUT2D eigenvalue weighted by molar-refractivity contribution is -0.139. The van der Waals surface area contributed by atoms with Crippen LogP contribution in [0.1, 0.15) is 16.7 Å². The molecule has 1 heterocycles. The van der Waals surface area contributed by atoms with Gasteiger partial charge in [-0.3, -0.25) is 9.69 Å². The van der Waals surface area contributed by atoms with Crippen molar-refractivity contribution in [2.45, 2.75) is 19.6 Å². The quantitative estimate of drug-likeness (QED) is 0.557. The highest BCUT2D eigenvalue weighted by molar-refractivity contribution is 7.88. The third-order valence-electron chi connectivity index (χ3n) is 5.20. The van der Waals surface area contributed by atoms with Crippen LogP contribution < -0.4 is 4.74 Å². The zero-order chi connectivity index (χ0) is 22.4. The number of hydrogen-bond donors (Lipinski definition) is 0. The number of hydrogen-bond acceptors (Lipinski definition) is 6. The van der Waals surface area contributed by atoms with E-state index in [-0.39, 0.29) is 12.4 Å². The predicted molar refractivity (Wildman–Crippen MR) is 120 cm³/mol. The van der Waals surface area contributed by atoms with Crippen LogP contribution in [-0.4, -0.2) is 63.1 Å². The molecule has 0 aromatic heterocycles. The molecule has 7 nitrogen and oxygen atoms in total. The van der Waals surface area contributed by atoms with Crippen LogP contribution >= 0.6 is 11.6 Å². The van der Waals surface area contributed by atoms with Gasteiger partial charge in [0.1, 0.15) is 12.4 Å². The van der Waals surface area contributed by atoms with Crippen molar-refractivity contribution in [2.24, 2.45) is 0 Å². The maximum Gasteiger partial charge on any atom is 0.309 e. The molecule has 0 unspecified atom stereocenters. The number of nitrogens with zero attached hydrogens (tertiary/aromatic N) is 2. The maximum absolute atomic E-state index is 11.8. The van der Waals surface area contributed by atoms with Gasteiger partial charge in [-0.15, -0.1) is 0 Å². The highest BCUT2D eigenvalue weighted by atomic mass is 35.5. The largest absolute Gasteiger partial charge is 0.489 e. The van der Waals surface area contributed by atoms with Crippen molar-refractivity contribution in [1.82, 2.24) is 9.21 Å². The third-order valence-corrected chi connectivity index (χ3v) is 6.76. The lowest BCUT2D eigenvalue weighted by Gasteiger charge is -2.33. The third kappa shape index (κ3) is 6.93. The van der Waals surface area contributed by atoms with Gasteiger partial charge in [0.15, 0.2) is 0 Å². The fraction of sp³-hybridized carbons (Fsp3) is 0.409. The molecule has 0 aliphatic carbocycles. The number of piperazine rings is 1. The molecule has 0 spiro atoms. The number of sulfonamides is 1. The van der Waals surface area contributed by atoms with Crippen molar-refractivity contribution in [3.05, 3.63) is 64.2 Å². The summed E-state index contributed by atoms with van der Waals surface area (Å²) in [7, 11) is -1.81. The van der Waals surface area contributed by atoms with Gasteiger partial charge < -0.3 is 9.47 Å². The van der Waals surface area contributed by atoms with Gasteiger partial charge in [-0.25, -0.2) is 8.42 Å². The van der Waals surface area contributed by atoms with Crippen LogP contribution in [0.25, 0.3) is 0 Å². The summed E-state index contributed by atoms with van der Waals surface area (Å²) in [5.41, 5.74) is 2.79. The Morgan fingerprint density at radius 3 is 2.29 bits per heavy atom. The first kappa shape index (κ1) is 23.5. The molecule has 9 heteroatoms. The van der Waals surface area contributed by atoms with Crippen LogP contribution in [0, 0.1) is 0 Å². The molecule has 0 bridgehead atoms. The monoisotopic (exact) mass is 466 g/mol. The summed E-state index contributed by atoms with van der Waals surface area (Å²) in [5, 5.41) is 0.671. The van der Waals surface area contributed by atoms with E-state index in [1.54, 1.807) is 0 Å². The summed E-state index contributed by atoms with van der Waals surface area (Å²) in [4.78, 5) is 13.9. The molecule has 168 valence electrons. The van der Waals surface area contributed by atoms with E-state index in [1.807, 2.05) is 42.5 Å². The SMILES string of the molecule is COC(=O)Cc1ccc(OCc2ccc(Cl)cc2)c(CN2CCN(S(C)(=O)=O)CC2)c1. The standard InChI is InChI=1S/C22H27ClN2O5S/c1-29-22(26)14-18-5-8-21(30-16-17-3-6-20(23)7-4-17)19(13-18)15-24-9-11-25(12-10-24)31(2,27)28/h3-8,13H,9-12,14-16H2,1-2H3. The molecule has 2 aromatic carbocycles. The van der Waals surface area contributed by atoms with Crippen LogP contribution in [0.3, 0.4) is 0 Å². The predicted octanol–water partition coefficient (Wildman–Crippen LogP) is 2.71. The molecule has 3 rings (SSSR count). The van der Waals surface area contributed by atoms with Crippen molar-refractivity contribution in [3.8, 4) is 5.75 Å². The van der Waals surface area contributed by atoms with Gasteiger partial charge in [-0.05, 0) is 29.3 Å². The lowest BCUT2D eigenvalue weighted by atomic mass is 10.1.